The van der Waals surface area contributed by atoms with Crippen molar-refractivity contribution in [3.05, 3.63) is 107 Å². The Morgan fingerprint density at radius 3 is 2.12 bits per heavy atom. The molecule has 1 atom stereocenters. The van der Waals surface area contributed by atoms with Gasteiger partial charge >= 0.3 is 12.1 Å². The van der Waals surface area contributed by atoms with E-state index in [1.807, 2.05) is 0 Å². The lowest BCUT2D eigenvalue weighted by Crippen LogP contribution is -2.33. The first-order valence-corrected chi connectivity index (χ1v) is 9.92. The number of rotatable bonds is 6. The van der Waals surface area contributed by atoms with Crippen LogP contribution >= 0.6 is 0 Å². The van der Waals surface area contributed by atoms with Crippen molar-refractivity contribution in [2.45, 2.75) is 18.8 Å². The number of nitrogen functional groups attached to an aromatic ring is 1. The van der Waals surface area contributed by atoms with Gasteiger partial charge in [0.05, 0.1) is 5.56 Å². The number of carboxylic acids is 1. The molecule has 0 aliphatic rings. The molecule has 0 bridgehead atoms. The zero-order chi connectivity index (χ0) is 25.3. The summed E-state index contributed by atoms with van der Waals surface area (Å²) in [5.41, 5.74) is 11.5. The number of benzene rings is 3. The van der Waals surface area contributed by atoms with Crippen molar-refractivity contribution < 1.29 is 27.9 Å². The van der Waals surface area contributed by atoms with Crippen molar-refractivity contribution in [1.29, 1.82) is 5.41 Å². The Bertz CT molecular complexity index is 1150. The molecule has 0 saturated heterocycles. The van der Waals surface area contributed by atoms with Gasteiger partial charge in [-0.2, -0.15) is 13.2 Å². The molecule has 34 heavy (non-hydrogen) atoms. The second-order valence-corrected chi connectivity index (χ2v) is 7.05. The van der Waals surface area contributed by atoms with Crippen molar-refractivity contribution in [1.82, 2.24) is 5.32 Å². The van der Waals surface area contributed by atoms with E-state index >= 15 is 0 Å². The molecule has 1 amide bonds. The SMILES string of the molecule is N=C(N)c1cccc(C(=O)N[C@@H](C(=O)O)c2ccccc2)c1.NCc1cccc(C(F)(F)F)c1. The van der Waals surface area contributed by atoms with Gasteiger partial charge in [0.2, 0.25) is 0 Å². The number of carboxylic acid groups (broad SMARTS) is 1. The van der Waals surface area contributed by atoms with E-state index in [1.165, 1.54) is 18.2 Å². The van der Waals surface area contributed by atoms with Gasteiger partial charge in [-0.15, -0.1) is 0 Å². The van der Waals surface area contributed by atoms with Crippen LogP contribution in [0.15, 0.2) is 78.9 Å². The summed E-state index contributed by atoms with van der Waals surface area (Å²) in [5, 5.41) is 19.1. The van der Waals surface area contributed by atoms with Crippen molar-refractivity contribution in [3.8, 4) is 0 Å². The van der Waals surface area contributed by atoms with E-state index in [9.17, 15) is 27.9 Å². The highest BCUT2D eigenvalue weighted by Gasteiger charge is 2.30. The fourth-order valence-corrected chi connectivity index (χ4v) is 2.85. The molecule has 0 aliphatic carbocycles. The van der Waals surface area contributed by atoms with Crippen LogP contribution in [0, 0.1) is 5.41 Å². The summed E-state index contributed by atoms with van der Waals surface area (Å²) in [6.45, 7) is 0.129. The maximum absolute atomic E-state index is 12.2. The summed E-state index contributed by atoms with van der Waals surface area (Å²) < 4.78 is 36.2. The Labute approximate surface area is 193 Å². The number of carbonyl (C=O) groups excluding carboxylic acids is 1. The number of halogens is 3. The quantitative estimate of drug-likeness (QED) is 0.275. The van der Waals surface area contributed by atoms with Crippen LogP contribution in [-0.2, 0) is 17.5 Å². The minimum atomic E-state index is -4.27. The van der Waals surface area contributed by atoms with E-state index in [0.29, 0.717) is 16.7 Å². The fourth-order valence-electron chi connectivity index (χ4n) is 2.85. The predicted octanol–water partition coefficient (Wildman–Crippen LogP) is 3.69. The van der Waals surface area contributed by atoms with Gasteiger partial charge in [-0.3, -0.25) is 10.2 Å². The van der Waals surface area contributed by atoms with E-state index in [4.69, 9.17) is 16.9 Å². The van der Waals surface area contributed by atoms with Crippen LogP contribution in [0.4, 0.5) is 13.2 Å². The minimum absolute atomic E-state index is 0.129. The van der Waals surface area contributed by atoms with Crippen LogP contribution in [0.5, 0.6) is 0 Å². The van der Waals surface area contributed by atoms with Crippen LogP contribution in [0.25, 0.3) is 0 Å². The average Bonchev–Trinajstić information content (AvgIpc) is 2.82. The molecule has 3 aromatic carbocycles. The number of hydrogen-bond acceptors (Lipinski definition) is 4. The maximum atomic E-state index is 12.2. The first-order chi connectivity index (χ1) is 16.0. The third-order valence-corrected chi connectivity index (χ3v) is 4.58. The van der Waals surface area contributed by atoms with Crippen LogP contribution < -0.4 is 16.8 Å². The summed E-state index contributed by atoms with van der Waals surface area (Å²) in [6, 6.07) is 18.5. The zero-order valence-corrected chi connectivity index (χ0v) is 17.8. The smallest absolute Gasteiger partial charge is 0.416 e. The van der Waals surface area contributed by atoms with Gasteiger partial charge in [0, 0.05) is 17.7 Å². The maximum Gasteiger partial charge on any atom is 0.416 e. The topological polar surface area (TPSA) is 142 Å². The van der Waals surface area contributed by atoms with Crippen LogP contribution in [0.1, 0.15) is 38.7 Å². The Morgan fingerprint density at radius 2 is 1.56 bits per heavy atom. The first-order valence-electron chi connectivity index (χ1n) is 9.92. The molecule has 7 nitrogen and oxygen atoms in total. The first kappa shape index (κ1) is 26.1. The Morgan fingerprint density at radius 1 is 0.941 bits per heavy atom. The summed E-state index contributed by atoms with van der Waals surface area (Å²) >= 11 is 0. The molecular weight excluding hydrogens is 449 g/mol. The monoisotopic (exact) mass is 472 g/mol. The summed E-state index contributed by atoms with van der Waals surface area (Å²) in [7, 11) is 0. The number of nitrogens with two attached hydrogens (primary N) is 2. The fraction of sp³-hybridized carbons (Fsp3) is 0.125. The minimum Gasteiger partial charge on any atom is -0.479 e. The van der Waals surface area contributed by atoms with Gasteiger partial charge in [-0.25, -0.2) is 4.79 Å². The summed E-state index contributed by atoms with van der Waals surface area (Å²) in [4.78, 5) is 23.6. The molecule has 0 unspecified atom stereocenters. The molecule has 0 fully saturated rings. The lowest BCUT2D eigenvalue weighted by Gasteiger charge is -2.15. The van der Waals surface area contributed by atoms with E-state index in [1.54, 1.807) is 48.5 Å². The van der Waals surface area contributed by atoms with Gasteiger partial charge in [0.1, 0.15) is 5.84 Å². The lowest BCUT2D eigenvalue weighted by molar-refractivity contribution is -0.139. The number of aliphatic carboxylic acids is 1. The number of amidine groups is 1. The third-order valence-electron chi connectivity index (χ3n) is 4.58. The van der Waals surface area contributed by atoms with Gasteiger partial charge in [0.15, 0.2) is 6.04 Å². The number of nitrogens with one attached hydrogen (secondary N) is 2. The van der Waals surface area contributed by atoms with E-state index in [-0.39, 0.29) is 17.9 Å². The van der Waals surface area contributed by atoms with E-state index in [2.05, 4.69) is 5.32 Å². The second-order valence-electron chi connectivity index (χ2n) is 7.05. The molecule has 3 rings (SSSR count). The van der Waals surface area contributed by atoms with E-state index in [0.717, 1.165) is 12.1 Å². The molecule has 7 N–H and O–H groups in total. The molecular formula is C24H23F3N4O3. The summed E-state index contributed by atoms with van der Waals surface area (Å²) in [5.74, 6) is -1.85. The molecule has 10 heteroatoms. The average molecular weight is 472 g/mol. The Balaban J connectivity index is 0.000000287. The Hall–Kier alpha value is -4.18. The van der Waals surface area contributed by atoms with Gasteiger partial charge in [-0.05, 0) is 29.3 Å². The number of alkyl halides is 3. The zero-order valence-electron chi connectivity index (χ0n) is 17.8. The predicted molar refractivity (Wildman–Crippen MR) is 121 cm³/mol. The van der Waals surface area contributed by atoms with Crippen LogP contribution in [0.3, 0.4) is 0 Å². The van der Waals surface area contributed by atoms with Gasteiger partial charge in [-0.1, -0.05) is 60.7 Å². The molecule has 178 valence electrons. The van der Waals surface area contributed by atoms with Crippen molar-refractivity contribution in [2.75, 3.05) is 0 Å². The van der Waals surface area contributed by atoms with Crippen molar-refractivity contribution >= 4 is 17.7 Å². The molecule has 0 aliphatic heterocycles. The Kier molecular flexibility index (Phi) is 8.91. The highest BCUT2D eigenvalue weighted by Crippen LogP contribution is 2.29. The molecule has 0 radical (unpaired) electrons. The molecule has 3 aromatic rings. The number of hydrogen-bond donors (Lipinski definition) is 5. The highest BCUT2D eigenvalue weighted by atomic mass is 19.4. The highest BCUT2D eigenvalue weighted by molar-refractivity contribution is 6.01. The molecule has 0 saturated carbocycles. The van der Waals surface area contributed by atoms with E-state index < -0.39 is 29.7 Å². The van der Waals surface area contributed by atoms with Gasteiger partial charge < -0.3 is 21.9 Å². The normalized spacial score (nSPS) is 11.5. The molecule has 0 aromatic heterocycles. The van der Waals surface area contributed by atoms with Crippen molar-refractivity contribution in [2.24, 2.45) is 11.5 Å². The standard InChI is InChI=1S/C16H15N3O3.C8H8F3N/c17-14(18)11-7-4-8-12(9-11)15(20)19-13(16(21)22)10-5-2-1-3-6-10;9-8(10,11)7-3-1-2-6(4-7)5-12/h1-9,13H,(H3,17,18)(H,19,20)(H,21,22);1-4H,5,12H2/t13-;/m1./s1. The third kappa shape index (κ3) is 7.45. The summed E-state index contributed by atoms with van der Waals surface area (Å²) in [6.07, 6.45) is -4.27. The van der Waals surface area contributed by atoms with Crippen LogP contribution in [0.2, 0.25) is 0 Å². The largest absolute Gasteiger partial charge is 0.479 e. The number of amides is 1. The lowest BCUT2D eigenvalue weighted by atomic mass is 10.1. The van der Waals surface area contributed by atoms with Crippen LogP contribution in [-0.4, -0.2) is 22.8 Å². The second kappa shape index (κ2) is 11.6. The molecule has 0 spiro atoms. The van der Waals surface area contributed by atoms with Crippen molar-refractivity contribution in [3.63, 3.8) is 0 Å². The van der Waals surface area contributed by atoms with Gasteiger partial charge in [0.25, 0.3) is 5.91 Å². The number of carbonyl (C=O) groups is 2. The molecule has 0 heterocycles.